The Labute approximate surface area is 195 Å². The molecule has 0 bridgehead atoms. The molecule has 5 nitrogen and oxygen atoms in total. The second-order valence-corrected chi connectivity index (χ2v) is 10.5. The van der Waals surface area contributed by atoms with Gasteiger partial charge in [0.05, 0.1) is 7.11 Å². The summed E-state index contributed by atoms with van der Waals surface area (Å²) in [6.07, 6.45) is 9.73. The second-order valence-electron chi connectivity index (χ2n) is 10.5. The minimum atomic E-state index is -0.386. The van der Waals surface area contributed by atoms with Crippen LogP contribution in [-0.2, 0) is 14.3 Å². The van der Waals surface area contributed by atoms with Gasteiger partial charge in [0.2, 0.25) is 0 Å². The lowest BCUT2D eigenvalue weighted by atomic mass is 9.51. The maximum Gasteiger partial charge on any atom is 0.342 e. The third kappa shape index (κ3) is 3.56. The molecule has 4 aliphatic rings. The number of methoxy groups -OCH3 is 1. The SMILES string of the molecule is COc1ccccc1C(=O)O[C@H]1C[C@@]2(C)C(CC[C@@H]2C(C)=O)[C@@H]2C=CC3=CC(=O)CCC3[C@H]12. The molecule has 2 saturated carbocycles. The van der Waals surface area contributed by atoms with Gasteiger partial charge in [-0.05, 0) is 79.6 Å². The van der Waals surface area contributed by atoms with Gasteiger partial charge in [-0.3, -0.25) is 9.59 Å². The van der Waals surface area contributed by atoms with Crippen LogP contribution in [0.5, 0.6) is 5.75 Å². The summed E-state index contributed by atoms with van der Waals surface area (Å²) in [6.45, 7) is 3.92. The summed E-state index contributed by atoms with van der Waals surface area (Å²) < 4.78 is 11.7. The van der Waals surface area contributed by atoms with Crippen molar-refractivity contribution in [3.8, 4) is 5.75 Å². The van der Waals surface area contributed by atoms with Crippen molar-refractivity contribution in [1.82, 2.24) is 0 Å². The Hall–Kier alpha value is -2.69. The average molecular weight is 449 g/mol. The summed E-state index contributed by atoms with van der Waals surface area (Å²) in [6, 6.07) is 7.12. The Kier molecular flexibility index (Phi) is 5.54. The number of esters is 1. The first-order valence-electron chi connectivity index (χ1n) is 12.1. The van der Waals surface area contributed by atoms with Crippen molar-refractivity contribution in [3.63, 3.8) is 0 Å². The molecule has 0 saturated heterocycles. The van der Waals surface area contributed by atoms with Gasteiger partial charge in [0, 0.05) is 18.3 Å². The molecule has 0 N–H and O–H groups in total. The van der Waals surface area contributed by atoms with Gasteiger partial charge in [0.15, 0.2) is 5.78 Å². The molecule has 4 aliphatic carbocycles. The van der Waals surface area contributed by atoms with Crippen molar-refractivity contribution >= 4 is 17.5 Å². The van der Waals surface area contributed by atoms with Crippen molar-refractivity contribution < 1.29 is 23.9 Å². The lowest BCUT2D eigenvalue weighted by Gasteiger charge is -2.54. The maximum absolute atomic E-state index is 13.3. The van der Waals surface area contributed by atoms with Gasteiger partial charge >= 0.3 is 5.97 Å². The zero-order chi connectivity index (χ0) is 23.3. The van der Waals surface area contributed by atoms with Gasteiger partial charge in [-0.2, -0.15) is 0 Å². The minimum Gasteiger partial charge on any atom is -0.496 e. The number of para-hydroxylation sites is 1. The van der Waals surface area contributed by atoms with Crippen LogP contribution in [0.2, 0.25) is 0 Å². The van der Waals surface area contributed by atoms with Gasteiger partial charge in [0.1, 0.15) is 23.2 Å². The van der Waals surface area contributed by atoms with Crippen molar-refractivity contribution in [2.45, 2.75) is 52.1 Å². The Morgan fingerprint density at radius 2 is 1.91 bits per heavy atom. The number of hydrogen-bond acceptors (Lipinski definition) is 5. The summed E-state index contributed by atoms with van der Waals surface area (Å²) in [5.41, 5.74) is 1.28. The van der Waals surface area contributed by atoms with Gasteiger partial charge in [-0.15, -0.1) is 0 Å². The van der Waals surface area contributed by atoms with Crippen LogP contribution in [0.1, 0.15) is 56.3 Å². The van der Waals surface area contributed by atoms with E-state index in [0.717, 1.165) is 24.8 Å². The number of carbonyl (C=O) groups is 3. The molecule has 174 valence electrons. The fraction of sp³-hybridized carbons (Fsp3) is 0.536. The predicted octanol–water partition coefficient (Wildman–Crippen LogP) is 4.95. The standard InChI is InChI=1S/C28H32O5/c1-16(29)22-12-13-23-20-10-8-17-14-18(30)9-11-19(17)26(20)25(15-28(22,23)2)33-27(31)21-6-4-5-7-24(21)32-3/h4-8,10,14,19-20,22-23,25-26H,9,11-13,15H2,1-3H3/t19?,20-,22+,23?,25-,26-,28+/m0/s1. The molecule has 0 spiro atoms. The molecule has 0 aliphatic heterocycles. The average Bonchev–Trinajstić information content (AvgIpc) is 3.15. The highest BCUT2D eigenvalue weighted by Crippen LogP contribution is 2.63. The van der Waals surface area contributed by atoms with E-state index in [2.05, 4.69) is 19.1 Å². The van der Waals surface area contributed by atoms with E-state index in [1.54, 1.807) is 38.3 Å². The fourth-order valence-electron chi connectivity index (χ4n) is 7.51. The number of fused-ring (bicyclic) bond motifs is 5. The van der Waals surface area contributed by atoms with Gasteiger partial charge in [-0.25, -0.2) is 4.79 Å². The first kappa shape index (κ1) is 22.1. The minimum absolute atomic E-state index is 0.00538. The Morgan fingerprint density at radius 3 is 2.67 bits per heavy atom. The van der Waals surface area contributed by atoms with Crippen molar-refractivity contribution in [1.29, 1.82) is 0 Å². The molecule has 0 heterocycles. The predicted molar refractivity (Wildman–Crippen MR) is 124 cm³/mol. The molecular formula is C28H32O5. The summed E-state index contributed by atoms with van der Waals surface area (Å²) >= 11 is 0. The summed E-state index contributed by atoms with van der Waals surface area (Å²) in [5, 5.41) is 0. The Balaban J connectivity index is 1.54. The van der Waals surface area contributed by atoms with Crippen LogP contribution in [0.15, 0.2) is 48.1 Å². The van der Waals surface area contributed by atoms with Crippen LogP contribution in [-0.4, -0.2) is 30.7 Å². The molecule has 1 aromatic rings. The summed E-state index contributed by atoms with van der Waals surface area (Å²) in [5.74, 6) is 1.45. The molecule has 5 rings (SSSR count). The van der Waals surface area contributed by atoms with Gasteiger partial charge in [0.25, 0.3) is 0 Å². The third-order valence-electron chi connectivity index (χ3n) is 8.90. The fourth-order valence-corrected chi connectivity index (χ4v) is 7.51. The Bertz CT molecular complexity index is 1050. The largest absolute Gasteiger partial charge is 0.496 e. The van der Waals surface area contributed by atoms with E-state index in [4.69, 9.17) is 9.47 Å². The third-order valence-corrected chi connectivity index (χ3v) is 8.90. The normalized spacial score (nSPS) is 36.8. The van der Waals surface area contributed by atoms with Crippen LogP contribution >= 0.6 is 0 Å². The second kappa shape index (κ2) is 8.27. The summed E-state index contributed by atoms with van der Waals surface area (Å²) in [7, 11) is 1.55. The Morgan fingerprint density at radius 1 is 1.12 bits per heavy atom. The molecule has 33 heavy (non-hydrogen) atoms. The molecule has 1 aromatic carbocycles. The molecule has 7 atom stereocenters. The zero-order valence-electron chi connectivity index (χ0n) is 19.6. The first-order valence-corrected chi connectivity index (χ1v) is 12.1. The first-order chi connectivity index (χ1) is 15.8. The molecule has 0 radical (unpaired) electrons. The molecule has 0 amide bonds. The van der Waals surface area contributed by atoms with Crippen molar-refractivity contribution in [2.24, 2.45) is 35.0 Å². The molecule has 2 unspecified atom stereocenters. The highest BCUT2D eigenvalue weighted by atomic mass is 16.5. The van der Waals surface area contributed by atoms with E-state index in [0.29, 0.717) is 30.1 Å². The summed E-state index contributed by atoms with van der Waals surface area (Å²) in [4.78, 5) is 38.0. The number of carbonyl (C=O) groups excluding carboxylic acids is 3. The lowest BCUT2D eigenvalue weighted by molar-refractivity contribution is -0.131. The highest BCUT2D eigenvalue weighted by Gasteiger charge is 2.60. The van der Waals surface area contributed by atoms with E-state index in [-0.39, 0.29) is 52.7 Å². The van der Waals surface area contributed by atoms with E-state index < -0.39 is 0 Å². The topological polar surface area (TPSA) is 69.7 Å². The molecule has 0 aromatic heterocycles. The maximum atomic E-state index is 13.3. The highest BCUT2D eigenvalue weighted by molar-refractivity contribution is 5.93. The lowest BCUT2D eigenvalue weighted by Crippen LogP contribution is -2.53. The smallest absolute Gasteiger partial charge is 0.342 e. The molecule has 2 fully saturated rings. The zero-order valence-corrected chi connectivity index (χ0v) is 19.6. The molecule has 5 heteroatoms. The van der Waals surface area contributed by atoms with Crippen molar-refractivity contribution in [3.05, 3.63) is 53.6 Å². The number of ketones is 2. The number of Topliss-reactive ketones (excluding diaryl/α,β-unsaturated/α-hetero) is 1. The number of ether oxygens (including phenoxy) is 2. The number of rotatable bonds is 4. The van der Waals surface area contributed by atoms with E-state index >= 15 is 0 Å². The van der Waals surface area contributed by atoms with Gasteiger partial charge in [-0.1, -0.05) is 31.2 Å². The molecular weight excluding hydrogens is 416 g/mol. The van der Waals surface area contributed by atoms with E-state index in [9.17, 15) is 14.4 Å². The number of hydrogen-bond donors (Lipinski definition) is 0. The van der Waals surface area contributed by atoms with Crippen LogP contribution < -0.4 is 4.74 Å². The number of allylic oxidation sites excluding steroid dienone is 4. The van der Waals surface area contributed by atoms with Crippen molar-refractivity contribution in [2.75, 3.05) is 7.11 Å². The van der Waals surface area contributed by atoms with Crippen LogP contribution in [0.4, 0.5) is 0 Å². The van der Waals surface area contributed by atoms with Gasteiger partial charge < -0.3 is 9.47 Å². The van der Waals surface area contributed by atoms with E-state index in [1.165, 1.54) is 0 Å². The van der Waals surface area contributed by atoms with Crippen LogP contribution in [0, 0.1) is 35.0 Å². The quantitative estimate of drug-likeness (QED) is 0.610. The number of benzene rings is 1. The van der Waals surface area contributed by atoms with E-state index in [1.807, 2.05) is 6.07 Å². The van der Waals surface area contributed by atoms with Crippen LogP contribution in [0.25, 0.3) is 0 Å². The van der Waals surface area contributed by atoms with Crippen LogP contribution in [0.3, 0.4) is 0 Å². The monoisotopic (exact) mass is 448 g/mol.